The Hall–Kier alpha value is -1.74. The molecule has 1 saturated heterocycles. The summed E-state index contributed by atoms with van der Waals surface area (Å²) in [6.07, 6.45) is 2.50. The molecule has 1 unspecified atom stereocenters. The Kier molecular flexibility index (Phi) is 8.18. The summed E-state index contributed by atoms with van der Waals surface area (Å²) in [6.45, 7) is 5.47. The van der Waals surface area contributed by atoms with Gasteiger partial charge in [0, 0.05) is 63.7 Å². The first-order chi connectivity index (χ1) is 13.2. The van der Waals surface area contributed by atoms with Crippen LogP contribution in [0.25, 0.3) is 0 Å². The standard InChI is InChI=1S/C19H30F2N4O2S/c1-4-18(16-7-6-15(20)14-17(16)21)24-9-11-25(12-10-24)19(22-2)23-8-5-13-28(3,26)27/h6-7,14,18H,4-5,8-13H2,1-3H3,(H,22,23). The van der Waals surface area contributed by atoms with Crippen LogP contribution in [0.15, 0.2) is 23.2 Å². The van der Waals surface area contributed by atoms with E-state index in [-0.39, 0.29) is 11.8 Å². The minimum atomic E-state index is -2.96. The van der Waals surface area contributed by atoms with Crippen LogP contribution in [0.1, 0.15) is 31.4 Å². The number of rotatable bonds is 7. The molecule has 1 N–H and O–H groups in total. The Morgan fingerprint density at radius 1 is 1.25 bits per heavy atom. The van der Waals surface area contributed by atoms with Crippen molar-refractivity contribution in [2.24, 2.45) is 4.99 Å². The third kappa shape index (κ3) is 6.41. The van der Waals surface area contributed by atoms with Crippen LogP contribution in [0.5, 0.6) is 0 Å². The van der Waals surface area contributed by atoms with E-state index in [1.165, 1.54) is 18.4 Å². The van der Waals surface area contributed by atoms with Crippen molar-refractivity contribution in [3.05, 3.63) is 35.4 Å². The molecule has 0 spiro atoms. The monoisotopic (exact) mass is 416 g/mol. The van der Waals surface area contributed by atoms with Crippen molar-refractivity contribution >= 4 is 15.8 Å². The highest BCUT2D eigenvalue weighted by Crippen LogP contribution is 2.28. The second kappa shape index (κ2) is 10.2. The lowest BCUT2D eigenvalue weighted by Gasteiger charge is -2.40. The second-order valence-corrected chi connectivity index (χ2v) is 9.33. The zero-order chi connectivity index (χ0) is 20.7. The van der Waals surface area contributed by atoms with Gasteiger partial charge in [-0.05, 0) is 18.9 Å². The third-order valence-electron chi connectivity index (χ3n) is 4.95. The first-order valence-electron chi connectivity index (χ1n) is 9.57. The number of halogens is 2. The highest BCUT2D eigenvalue weighted by Gasteiger charge is 2.27. The van der Waals surface area contributed by atoms with Gasteiger partial charge in [0.25, 0.3) is 0 Å². The van der Waals surface area contributed by atoms with Gasteiger partial charge in [0.15, 0.2) is 5.96 Å². The largest absolute Gasteiger partial charge is 0.356 e. The molecule has 28 heavy (non-hydrogen) atoms. The molecule has 6 nitrogen and oxygen atoms in total. The van der Waals surface area contributed by atoms with Crippen molar-refractivity contribution < 1.29 is 17.2 Å². The van der Waals surface area contributed by atoms with E-state index in [0.717, 1.165) is 44.6 Å². The highest BCUT2D eigenvalue weighted by atomic mass is 32.2. The summed E-state index contributed by atoms with van der Waals surface area (Å²) in [5.41, 5.74) is 0.528. The fourth-order valence-corrected chi connectivity index (χ4v) is 4.23. The maximum atomic E-state index is 14.2. The smallest absolute Gasteiger partial charge is 0.193 e. The fourth-order valence-electron chi connectivity index (χ4n) is 3.56. The van der Waals surface area contributed by atoms with Crippen LogP contribution in [0, 0.1) is 11.6 Å². The average Bonchev–Trinajstić information content (AvgIpc) is 2.64. The number of benzene rings is 1. The van der Waals surface area contributed by atoms with Gasteiger partial charge in [-0.3, -0.25) is 9.89 Å². The van der Waals surface area contributed by atoms with E-state index < -0.39 is 21.5 Å². The van der Waals surface area contributed by atoms with Crippen LogP contribution in [0.2, 0.25) is 0 Å². The van der Waals surface area contributed by atoms with Gasteiger partial charge in [0.05, 0.1) is 5.75 Å². The second-order valence-electron chi connectivity index (χ2n) is 7.07. The van der Waals surface area contributed by atoms with Crippen molar-refractivity contribution in [2.75, 3.05) is 51.8 Å². The molecule has 1 aliphatic heterocycles. The molecule has 158 valence electrons. The lowest BCUT2D eigenvalue weighted by atomic mass is 10.0. The minimum Gasteiger partial charge on any atom is -0.356 e. The van der Waals surface area contributed by atoms with Crippen molar-refractivity contribution in [1.82, 2.24) is 15.1 Å². The van der Waals surface area contributed by atoms with Crippen LogP contribution in [0.3, 0.4) is 0 Å². The molecule has 2 rings (SSSR count). The van der Waals surface area contributed by atoms with Gasteiger partial charge < -0.3 is 10.2 Å². The van der Waals surface area contributed by atoms with Crippen molar-refractivity contribution in [1.29, 1.82) is 0 Å². The Morgan fingerprint density at radius 2 is 1.93 bits per heavy atom. The first kappa shape index (κ1) is 22.5. The Morgan fingerprint density at radius 3 is 2.46 bits per heavy atom. The Labute approximate surface area is 166 Å². The molecule has 1 fully saturated rings. The van der Waals surface area contributed by atoms with Crippen LogP contribution in [-0.4, -0.2) is 76.0 Å². The lowest BCUT2D eigenvalue weighted by molar-refractivity contribution is 0.124. The summed E-state index contributed by atoms with van der Waals surface area (Å²) in [7, 11) is -1.26. The van der Waals surface area contributed by atoms with Crippen molar-refractivity contribution in [3.63, 3.8) is 0 Å². The maximum Gasteiger partial charge on any atom is 0.193 e. The summed E-state index contributed by atoms with van der Waals surface area (Å²) in [4.78, 5) is 8.61. The molecule has 0 aromatic heterocycles. The normalized spacial score (nSPS) is 17.6. The summed E-state index contributed by atoms with van der Waals surface area (Å²) in [6, 6.07) is 3.69. The number of nitrogens with one attached hydrogen (secondary N) is 1. The molecule has 1 atom stereocenters. The number of hydrogen-bond donors (Lipinski definition) is 1. The Bertz CT molecular complexity index is 778. The number of guanidine groups is 1. The summed E-state index contributed by atoms with van der Waals surface area (Å²) in [5.74, 6) is -0.176. The zero-order valence-corrected chi connectivity index (χ0v) is 17.6. The third-order valence-corrected chi connectivity index (χ3v) is 5.98. The lowest BCUT2D eigenvalue weighted by Crippen LogP contribution is -2.53. The molecule has 0 radical (unpaired) electrons. The van der Waals surface area contributed by atoms with E-state index in [4.69, 9.17) is 0 Å². The highest BCUT2D eigenvalue weighted by molar-refractivity contribution is 7.90. The maximum absolute atomic E-state index is 14.2. The summed E-state index contributed by atoms with van der Waals surface area (Å²) < 4.78 is 49.9. The van der Waals surface area contributed by atoms with Gasteiger partial charge in [0.2, 0.25) is 0 Å². The van der Waals surface area contributed by atoms with E-state index in [1.807, 2.05) is 6.92 Å². The number of sulfone groups is 1. The molecule has 0 aliphatic carbocycles. The molecule has 0 bridgehead atoms. The van der Waals surface area contributed by atoms with Crippen LogP contribution in [-0.2, 0) is 9.84 Å². The first-order valence-corrected chi connectivity index (χ1v) is 11.6. The average molecular weight is 417 g/mol. The molecular weight excluding hydrogens is 386 g/mol. The van der Waals surface area contributed by atoms with Crippen LogP contribution in [0.4, 0.5) is 8.78 Å². The molecule has 1 heterocycles. The van der Waals surface area contributed by atoms with E-state index in [0.29, 0.717) is 18.5 Å². The van der Waals surface area contributed by atoms with Gasteiger partial charge >= 0.3 is 0 Å². The van der Waals surface area contributed by atoms with Gasteiger partial charge in [-0.15, -0.1) is 0 Å². The molecular formula is C19H30F2N4O2S. The molecule has 0 saturated carbocycles. The molecule has 1 aromatic rings. The topological polar surface area (TPSA) is 65.0 Å². The number of piperazine rings is 1. The van der Waals surface area contributed by atoms with Crippen molar-refractivity contribution in [2.45, 2.75) is 25.8 Å². The minimum absolute atomic E-state index is 0.0903. The predicted octanol–water partition coefficient (Wildman–Crippen LogP) is 2.04. The molecule has 1 aliphatic rings. The SMILES string of the molecule is CCC(c1ccc(F)cc1F)N1CCN(C(=NC)NCCCS(C)(=O)=O)CC1. The van der Waals surface area contributed by atoms with Gasteiger partial charge in [0.1, 0.15) is 21.5 Å². The molecule has 9 heteroatoms. The number of hydrogen-bond acceptors (Lipinski definition) is 4. The van der Waals surface area contributed by atoms with Crippen LogP contribution >= 0.6 is 0 Å². The van der Waals surface area contributed by atoms with Gasteiger partial charge in [-0.2, -0.15) is 0 Å². The summed E-state index contributed by atoms with van der Waals surface area (Å²) >= 11 is 0. The predicted molar refractivity (Wildman–Crippen MR) is 108 cm³/mol. The van der Waals surface area contributed by atoms with E-state index >= 15 is 0 Å². The number of nitrogens with zero attached hydrogens (tertiary/aromatic N) is 3. The van der Waals surface area contributed by atoms with E-state index in [1.54, 1.807) is 7.05 Å². The van der Waals surface area contributed by atoms with E-state index in [9.17, 15) is 17.2 Å². The Balaban J connectivity index is 1.91. The van der Waals surface area contributed by atoms with Crippen molar-refractivity contribution in [3.8, 4) is 0 Å². The summed E-state index contributed by atoms with van der Waals surface area (Å²) in [5, 5.41) is 3.21. The quantitative estimate of drug-likeness (QED) is 0.419. The number of aliphatic imine (C=N–C) groups is 1. The molecule has 1 aromatic carbocycles. The van der Waals surface area contributed by atoms with Gasteiger partial charge in [-0.1, -0.05) is 13.0 Å². The molecule has 0 amide bonds. The fraction of sp³-hybridized carbons (Fsp3) is 0.632. The van der Waals surface area contributed by atoms with E-state index in [2.05, 4.69) is 20.1 Å². The zero-order valence-electron chi connectivity index (χ0n) is 16.8. The van der Waals surface area contributed by atoms with Gasteiger partial charge in [-0.25, -0.2) is 17.2 Å². The van der Waals surface area contributed by atoms with Crippen LogP contribution < -0.4 is 5.32 Å².